The largest absolute Gasteiger partial charge is 0.480 e. The molecule has 1 aromatic heterocycles. The molecule has 1 saturated carbocycles. The van der Waals surface area contributed by atoms with Crippen LogP contribution in [0.15, 0.2) is 17.5 Å². The third-order valence-electron chi connectivity index (χ3n) is 2.98. The van der Waals surface area contributed by atoms with E-state index in [4.69, 9.17) is 0 Å². The van der Waals surface area contributed by atoms with Crippen LogP contribution >= 0.6 is 11.3 Å². The predicted molar refractivity (Wildman–Crippen MR) is 59.9 cm³/mol. The molecule has 82 valence electrons. The molecule has 1 heterocycles. The fourth-order valence-corrected chi connectivity index (χ4v) is 2.84. The number of aliphatic carboxylic acids is 1. The highest BCUT2D eigenvalue weighted by molar-refractivity contribution is 7.09. The zero-order valence-corrected chi connectivity index (χ0v) is 9.51. The van der Waals surface area contributed by atoms with Gasteiger partial charge >= 0.3 is 5.97 Å². The Morgan fingerprint density at radius 1 is 1.73 bits per heavy atom. The lowest BCUT2D eigenvalue weighted by molar-refractivity contribution is -0.151. The summed E-state index contributed by atoms with van der Waals surface area (Å²) in [5.41, 5.74) is -0.663. The number of nitrogens with one attached hydrogen (secondary N) is 1. The summed E-state index contributed by atoms with van der Waals surface area (Å²) >= 11 is 1.66. The molecule has 1 aliphatic carbocycles. The number of carboxylic acid groups (broad SMARTS) is 1. The number of rotatable bonds is 4. The molecule has 0 atom stereocenters. The van der Waals surface area contributed by atoms with E-state index in [9.17, 15) is 9.90 Å². The van der Waals surface area contributed by atoms with Crippen LogP contribution in [0.2, 0.25) is 0 Å². The highest BCUT2D eigenvalue weighted by Gasteiger charge is 2.48. The molecular formula is C11H15NO2S. The molecule has 15 heavy (non-hydrogen) atoms. The van der Waals surface area contributed by atoms with E-state index in [0.717, 1.165) is 12.8 Å². The number of hydrogen-bond acceptors (Lipinski definition) is 3. The van der Waals surface area contributed by atoms with Gasteiger partial charge in [-0.05, 0) is 30.2 Å². The smallest absolute Gasteiger partial charge is 0.323 e. The normalized spacial score (nSPS) is 29.8. The average molecular weight is 225 g/mol. The monoisotopic (exact) mass is 225 g/mol. The van der Waals surface area contributed by atoms with Crippen molar-refractivity contribution in [3.8, 4) is 0 Å². The minimum absolute atomic E-state index is 0.525. The molecule has 0 bridgehead atoms. The van der Waals surface area contributed by atoms with E-state index in [2.05, 4.69) is 12.2 Å². The van der Waals surface area contributed by atoms with Crippen LogP contribution in [-0.2, 0) is 11.3 Å². The van der Waals surface area contributed by atoms with Gasteiger partial charge in [-0.1, -0.05) is 13.0 Å². The highest BCUT2D eigenvalue weighted by atomic mass is 32.1. The second kappa shape index (κ2) is 3.94. The topological polar surface area (TPSA) is 49.3 Å². The van der Waals surface area contributed by atoms with Gasteiger partial charge in [0.05, 0.1) is 0 Å². The third-order valence-corrected chi connectivity index (χ3v) is 3.86. The maximum Gasteiger partial charge on any atom is 0.323 e. The predicted octanol–water partition coefficient (Wildman–Crippen LogP) is 2.09. The lowest BCUT2D eigenvalue weighted by atomic mass is 9.69. The summed E-state index contributed by atoms with van der Waals surface area (Å²) in [5, 5.41) is 14.4. The van der Waals surface area contributed by atoms with Gasteiger partial charge in [0.15, 0.2) is 0 Å². The third kappa shape index (κ3) is 2.06. The molecule has 2 rings (SSSR count). The van der Waals surface area contributed by atoms with Gasteiger partial charge in [0.1, 0.15) is 5.54 Å². The molecule has 0 unspecified atom stereocenters. The van der Waals surface area contributed by atoms with Crippen LogP contribution in [0.25, 0.3) is 0 Å². The van der Waals surface area contributed by atoms with Crippen molar-refractivity contribution in [2.75, 3.05) is 0 Å². The van der Waals surface area contributed by atoms with Gasteiger partial charge in [0.25, 0.3) is 0 Å². The van der Waals surface area contributed by atoms with Gasteiger partial charge in [-0.15, -0.1) is 11.3 Å². The Bertz CT molecular complexity index is 341. The number of hydrogen-bond donors (Lipinski definition) is 2. The summed E-state index contributed by atoms with van der Waals surface area (Å²) in [5.74, 6) is -0.186. The summed E-state index contributed by atoms with van der Waals surface area (Å²) in [6, 6.07) is 4.01. The second-order valence-electron chi connectivity index (χ2n) is 4.33. The van der Waals surface area contributed by atoms with Crippen LogP contribution in [0.3, 0.4) is 0 Å². The van der Waals surface area contributed by atoms with Crippen molar-refractivity contribution in [1.82, 2.24) is 5.32 Å². The fourth-order valence-electron chi connectivity index (χ4n) is 2.19. The van der Waals surface area contributed by atoms with Gasteiger partial charge < -0.3 is 5.11 Å². The van der Waals surface area contributed by atoms with E-state index in [1.165, 1.54) is 4.88 Å². The van der Waals surface area contributed by atoms with Crippen molar-refractivity contribution >= 4 is 17.3 Å². The number of carboxylic acids is 1. The molecule has 0 aromatic carbocycles. The second-order valence-corrected chi connectivity index (χ2v) is 5.37. The molecule has 1 aromatic rings. The minimum atomic E-state index is -0.711. The Balaban J connectivity index is 1.94. The quantitative estimate of drug-likeness (QED) is 0.825. The summed E-state index contributed by atoms with van der Waals surface area (Å²) in [4.78, 5) is 12.3. The Labute approximate surface area is 93.1 Å². The van der Waals surface area contributed by atoms with Gasteiger partial charge in [0.2, 0.25) is 0 Å². The van der Waals surface area contributed by atoms with Gasteiger partial charge in [-0.3, -0.25) is 10.1 Å². The van der Waals surface area contributed by atoms with Crippen molar-refractivity contribution in [3.05, 3.63) is 22.4 Å². The first kappa shape index (κ1) is 10.6. The maximum absolute atomic E-state index is 11.1. The zero-order valence-electron chi connectivity index (χ0n) is 8.69. The Hall–Kier alpha value is -0.870. The van der Waals surface area contributed by atoms with Crippen molar-refractivity contribution < 1.29 is 9.90 Å². The molecule has 4 heteroatoms. The maximum atomic E-state index is 11.1. The van der Waals surface area contributed by atoms with Crippen LogP contribution in [0.4, 0.5) is 0 Å². The fraction of sp³-hybridized carbons (Fsp3) is 0.545. The lowest BCUT2D eigenvalue weighted by Crippen LogP contribution is -2.59. The molecule has 0 spiro atoms. The molecule has 3 nitrogen and oxygen atoms in total. The molecule has 2 N–H and O–H groups in total. The molecule has 1 fully saturated rings. The number of carbonyl (C=O) groups is 1. The van der Waals surface area contributed by atoms with E-state index >= 15 is 0 Å². The SMILES string of the molecule is CC1CC(NCc2cccs2)(C(=O)O)C1. The van der Waals surface area contributed by atoms with Crippen molar-refractivity contribution in [3.63, 3.8) is 0 Å². The van der Waals surface area contributed by atoms with Crippen LogP contribution in [0.1, 0.15) is 24.6 Å². The van der Waals surface area contributed by atoms with E-state index in [0.29, 0.717) is 12.5 Å². The van der Waals surface area contributed by atoms with Crippen LogP contribution < -0.4 is 5.32 Å². The van der Waals surface area contributed by atoms with Crippen LogP contribution in [0, 0.1) is 5.92 Å². The lowest BCUT2D eigenvalue weighted by Gasteiger charge is -2.43. The molecular weight excluding hydrogens is 210 g/mol. The van der Waals surface area contributed by atoms with Crippen LogP contribution in [-0.4, -0.2) is 16.6 Å². The summed E-state index contributed by atoms with van der Waals surface area (Å²) in [7, 11) is 0. The Morgan fingerprint density at radius 3 is 2.93 bits per heavy atom. The van der Waals surface area contributed by atoms with E-state index < -0.39 is 11.5 Å². The minimum Gasteiger partial charge on any atom is -0.480 e. The first-order valence-corrected chi connectivity index (χ1v) is 6.01. The number of thiophene rings is 1. The van der Waals surface area contributed by atoms with Crippen molar-refractivity contribution in [2.24, 2.45) is 5.92 Å². The summed E-state index contributed by atoms with van der Waals surface area (Å²) in [6.07, 6.45) is 1.49. The molecule has 1 aliphatic rings. The Kier molecular flexibility index (Phi) is 2.80. The Morgan fingerprint density at radius 2 is 2.47 bits per heavy atom. The van der Waals surface area contributed by atoms with E-state index in [1.54, 1.807) is 11.3 Å². The summed E-state index contributed by atoms with van der Waals surface area (Å²) in [6.45, 7) is 2.75. The standard InChI is InChI=1S/C11H15NO2S/c1-8-5-11(6-8,10(13)14)12-7-9-3-2-4-15-9/h2-4,8,12H,5-7H2,1H3,(H,13,14). The first-order valence-electron chi connectivity index (χ1n) is 5.13. The molecule has 0 amide bonds. The van der Waals surface area contributed by atoms with Crippen LogP contribution in [0.5, 0.6) is 0 Å². The summed E-state index contributed by atoms with van der Waals surface area (Å²) < 4.78 is 0. The zero-order chi connectivity index (χ0) is 10.9. The van der Waals surface area contributed by atoms with E-state index in [-0.39, 0.29) is 0 Å². The van der Waals surface area contributed by atoms with Crippen molar-refractivity contribution in [1.29, 1.82) is 0 Å². The first-order chi connectivity index (χ1) is 7.12. The van der Waals surface area contributed by atoms with Gasteiger partial charge in [-0.25, -0.2) is 0 Å². The van der Waals surface area contributed by atoms with Gasteiger partial charge in [-0.2, -0.15) is 0 Å². The van der Waals surface area contributed by atoms with E-state index in [1.807, 2.05) is 17.5 Å². The highest BCUT2D eigenvalue weighted by Crippen LogP contribution is 2.38. The van der Waals surface area contributed by atoms with Crippen molar-refractivity contribution in [2.45, 2.75) is 31.8 Å². The average Bonchev–Trinajstić information content (AvgIpc) is 2.62. The molecule has 0 saturated heterocycles. The van der Waals surface area contributed by atoms with Gasteiger partial charge in [0, 0.05) is 11.4 Å². The molecule has 0 radical (unpaired) electrons. The molecule has 0 aliphatic heterocycles.